The van der Waals surface area contributed by atoms with Crippen molar-refractivity contribution < 1.29 is 23.5 Å². The van der Waals surface area contributed by atoms with E-state index in [-0.39, 0.29) is 32.3 Å². The van der Waals surface area contributed by atoms with E-state index >= 15 is 0 Å². The fourth-order valence-electron chi connectivity index (χ4n) is 2.66. The zero-order valence-electron chi connectivity index (χ0n) is 17.6. The van der Waals surface area contributed by atoms with Crippen LogP contribution in [0, 0.1) is 12.7 Å². The average Bonchev–Trinajstić information content (AvgIpc) is 2.75. The first-order chi connectivity index (χ1) is 14.9. The maximum absolute atomic E-state index is 13.3. The standard InChI is InChI=1S/C22H27FN4O4/c1-3-31-20(28)15-25-21(29)24-13-4-14-27(19-11-7-17(23)8-12-19)22(30)26-18-9-5-16(2)6-10-18/h5-12H,3-4,13-15H2,1-2H3,(H,26,30)(H2,24,25,29). The first-order valence-electron chi connectivity index (χ1n) is 9.97. The fourth-order valence-corrected chi connectivity index (χ4v) is 2.66. The average molecular weight is 430 g/mol. The Balaban J connectivity index is 1.91. The number of benzene rings is 2. The molecule has 3 N–H and O–H groups in total. The minimum Gasteiger partial charge on any atom is -0.465 e. The lowest BCUT2D eigenvalue weighted by Gasteiger charge is -2.23. The number of nitrogens with zero attached hydrogens (tertiary/aromatic N) is 1. The van der Waals surface area contributed by atoms with Gasteiger partial charge in [0.25, 0.3) is 0 Å². The van der Waals surface area contributed by atoms with Crippen LogP contribution >= 0.6 is 0 Å². The van der Waals surface area contributed by atoms with Crippen molar-refractivity contribution in [3.05, 3.63) is 59.9 Å². The molecule has 0 saturated heterocycles. The number of ether oxygens (including phenoxy) is 1. The van der Waals surface area contributed by atoms with Crippen molar-refractivity contribution in [3.8, 4) is 0 Å². The van der Waals surface area contributed by atoms with E-state index in [2.05, 4.69) is 16.0 Å². The molecule has 0 aliphatic heterocycles. The molecule has 4 amide bonds. The smallest absolute Gasteiger partial charge is 0.326 e. The fraction of sp³-hybridized carbons (Fsp3) is 0.318. The van der Waals surface area contributed by atoms with Crippen molar-refractivity contribution in [3.63, 3.8) is 0 Å². The maximum Gasteiger partial charge on any atom is 0.326 e. The van der Waals surface area contributed by atoms with Crippen molar-refractivity contribution >= 4 is 29.4 Å². The number of hydrogen-bond donors (Lipinski definition) is 3. The minimum absolute atomic E-state index is 0.222. The number of hydrogen-bond acceptors (Lipinski definition) is 4. The van der Waals surface area contributed by atoms with E-state index < -0.39 is 17.8 Å². The Morgan fingerprint density at radius 1 is 1.00 bits per heavy atom. The highest BCUT2D eigenvalue weighted by molar-refractivity contribution is 6.01. The van der Waals surface area contributed by atoms with Gasteiger partial charge in [0.2, 0.25) is 0 Å². The number of carbonyl (C=O) groups excluding carboxylic acids is 3. The number of amides is 4. The van der Waals surface area contributed by atoms with Crippen LogP contribution in [0.2, 0.25) is 0 Å². The van der Waals surface area contributed by atoms with Gasteiger partial charge in [-0.2, -0.15) is 0 Å². The van der Waals surface area contributed by atoms with Crippen molar-refractivity contribution in [2.45, 2.75) is 20.3 Å². The van der Waals surface area contributed by atoms with Crippen LogP contribution in [0.15, 0.2) is 48.5 Å². The molecule has 2 aromatic carbocycles. The summed E-state index contributed by atoms with van der Waals surface area (Å²) in [5, 5.41) is 7.83. The van der Waals surface area contributed by atoms with E-state index in [4.69, 9.17) is 4.74 Å². The van der Waals surface area contributed by atoms with E-state index in [0.717, 1.165) is 5.56 Å². The highest BCUT2D eigenvalue weighted by Crippen LogP contribution is 2.18. The Morgan fingerprint density at radius 2 is 1.68 bits per heavy atom. The van der Waals surface area contributed by atoms with Gasteiger partial charge in [-0.25, -0.2) is 14.0 Å². The zero-order chi connectivity index (χ0) is 22.6. The molecule has 0 fully saturated rings. The van der Waals surface area contributed by atoms with E-state index in [1.54, 1.807) is 19.1 Å². The van der Waals surface area contributed by atoms with Gasteiger partial charge in [0, 0.05) is 24.5 Å². The summed E-state index contributed by atoms with van der Waals surface area (Å²) in [7, 11) is 0. The summed E-state index contributed by atoms with van der Waals surface area (Å²) in [6, 6.07) is 12.1. The third-order valence-electron chi connectivity index (χ3n) is 4.23. The highest BCUT2D eigenvalue weighted by atomic mass is 19.1. The Labute approximate surface area is 180 Å². The Hall–Kier alpha value is -3.62. The van der Waals surface area contributed by atoms with Crippen LogP contribution in [-0.2, 0) is 9.53 Å². The molecular weight excluding hydrogens is 403 g/mol. The summed E-state index contributed by atoms with van der Waals surface area (Å²) in [5.41, 5.74) is 2.23. The quantitative estimate of drug-likeness (QED) is 0.419. The van der Waals surface area contributed by atoms with Crippen molar-refractivity contribution in [2.75, 3.05) is 36.5 Å². The molecule has 0 bridgehead atoms. The van der Waals surface area contributed by atoms with Crippen LogP contribution in [0.3, 0.4) is 0 Å². The van der Waals surface area contributed by atoms with Gasteiger partial charge in [0.1, 0.15) is 12.4 Å². The minimum atomic E-state index is -0.520. The molecule has 0 heterocycles. The predicted molar refractivity (Wildman–Crippen MR) is 117 cm³/mol. The Bertz CT molecular complexity index is 872. The van der Waals surface area contributed by atoms with Gasteiger partial charge in [-0.1, -0.05) is 17.7 Å². The highest BCUT2D eigenvalue weighted by Gasteiger charge is 2.16. The van der Waals surface area contributed by atoms with Crippen LogP contribution in [0.1, 0.15) is 18.9 Å². The molecule has 166 valence electrons. The van der Waals surface area contributed by atoms with Crippen LogP contribution in [0.25, 0.3) is 0 Å². The largest absolute Gasteiger partial charge is 0.465 e. The lowest BCUT2D eigenvalue weighted by Crippen LogP contribution is -2.41. The second kappa shape index (κ2) is 12.2. The van der Waals surface area contributed by atoms with E-state index in [1.165, 1.54) is 29.2 Å². The summed E-state index contributed by atoms with van der Waals surface area (Å²) in [6.45, 7) is 4.20. The summed E-state index contributed by atoms with van der Waals surface area (Å²) < 4.78 is 18.0. The summed E-state index contributed by atoms with van der Waals surface area (Å²) in [5.74, 6) is -0.921. The van der Waals surface area contributed by atoms with Crippen LogP contribution < -0.4 is 20.9 Å². The van der Waals surface area contributed by atoms with Crippen molar-refractivity contribution in [1.29, 1.82) is 0 Å². The SMILES string of the molecule is CCOC(=O)CNC(=O)NCCCN(C(=O)Nc1ccc(C)cc1)c1ccc(F)cc1. The Morgan fingerprint density at radius 3 is 2.32 bits per heavy atom. The number of carbonyl (C=O) groups is 3. The van der Waals surface area contributed by atoms with Gasteiger partial charge in [-0.15, -0.1) is 0 Å². The number of rotatable bonds is 9. The molecule has 2 rings (SSSR count). The number of urea groups is 2. The molecule has 0 radical (unpaired) electrons. The number of anilines is 2. The van der Waals surface area contributed by atoms with Crippen molar-refractivity contribution in [2.24, 2.45) is 0 Å². The molecule has 0 atom stereocenters. The monoisotopic (exact) mass is 430 g/mol. The van der Waals surface area contributed by atoms with Gasteiger partial charge in [-0.3, -0.25) is 9.69 Å². The summed E-state index contributed by atoms with van der Waals surface area (Å²) in [4.78, 5) is 37.3. The van der Waals surface area contributed by atoms with Gasteiger partial charge in [0.15, 0.2) is 0 Å². The second-order valence-electron chi connectivity index (χ2n) is 6.69. The molecule has 2 aromatic rings. The lowest BCUT2D eigenvalue weighted by atomic mass is 10.2. The van der Waals surface area contributed by atoms with Crippen molar-refractivity contribution in [1.82, 2.24) is 10.6 Å². The van der Waals surface area contributed by atoms with E-state index in [0.29, 0.717) is 17.8 Å². The summed E-state index contributed by atoms with van der Waals surface area (Å²) in [6.07, 6.45) is 0.436. The third kappa shape index (κ3) is 8.33. The van der Waals surface area contributed by atoms with Gasteiger partial charge in [0.05, 0.1) is 6.61 Å². The van der Waals surface area contributed by atoms with E-state index in [9.17, 15) is 18.8 Å². The predicted octanol–water partition coefficient (Wildman–Crippen LogP) is 3.43. The first kappa shape index (κ1) is 23.7. The Kier molecular flexibility index (Phi) is 9.28. The lowest BCUT2D eigenvalue weighted by molar-refractivity contribution is -0.141. The molecule has 8 nitrogen and oxygen atoms in total. The number of nitrogens with one attached hydrogen (secondary N) is 3. The van der Waals surface area contributed by atoms with Gasteiger partial charge in [-0.05, 0) is 56.7 Å². The number of halogens is 1. The molecule has 0 saturated carbocycles. The molecule has 0 aliphatic carbocycles. The second-order valence-corrected chi connectivity index (χ2v) is 6.69. The summed E-state index contributed by atoms with van der Waals surface area (Å²) >= 11 is 0. The molecular formula is C22H27FN4O4. The molecule has 9 heteroatoms. The third-order valence-corrected chi connectivity index (χ3v) is 4.23. The van der Waals surface area contributed by atoms with Gasteiger partial charge < -0.3 is 20.7 Å². The van der Waals surface area contributed by atoms with Crippen LogP contribution in [0.4, 0.5) is 25.4 Å². The molecule has 0 aromatic heterocycles. The topological polar surface area (TPSA) is 99.8 Å². The molecule has 31 heavy (non-hydrogen) atoms. The van der Waals surface area contributed by atoms with Gasteiger partial charge >= 0.3 is 18.0 Å². The first-order valence-corrected chi connectivity index (χ1v) is 9.97. The molecule has 0 unspecified atom stereocenters. The van der Waals surface area contributed by atoms with Crippen LogP contribution in [0.5, 0.6) is 0 Å². The number of esters is 1. The van der Waals surface area contributed by atoms with E-state index in [1.807, 2.05) is 19.1 Å². The number of aryl methyl sites for hydroxylation is 1. The maximum atomic E-state index is 13.3. The van der Waals surface area contributed by atoms with Crippen LogP contribution in [-0.4, -0.2) is 44.3 Å². The molecule has 0 aliphatic rings. The zero-order valence-corrected chi connectivity index (χ0v) is 17.6. The molecule has 0 spiro atoms. The normalized spacial score (nSPS) is 10.2.